The highest BCUT2D eigenvalue weighted by Gasteiger charge is 2.19. The van der Waals surface area contributed by atoms with Crippen molar-refractivity contribution in [2.24, 2.45) is 21.0 Å². The van der Waals surface area contributed by atoms with Crippen LogP contribution in [0.5, 0.6) is 11.5 Å². The highest BCUT2D eigenvalue weighted by atomic mass is 35.5. The van der Waals surface area contributed by atoms with Crippen LogP contribution in [-0.4, -0.2) is 31.6 Å². The van der Waals surface area contributed by atoms with Gasteiger partial charge in [0, 0.05) is 22.3 Å². The fraction of sp³-hybridized carbons (Fsp3) is 0.0952. The van der Waals surface area contributed by atoms with Crippen molar-refractivity contribution >= 4 is 51.7 Å². The van der Waals surface area contributed by atoms with Crippen LogP contribution in [0.25, 0.3) is 10.1 Å². The van der Waals surface area contributed by atoms with E-state index in [4.69, 9.17) is 38.4 Å². The lowest BCUT2D eigenvalue weighted by Crippen LogP contribution is -2.27. The van der Waals surface area contributed by atoms with Crippen LogP contribution in [0.3, 0.4) is 0 Å². The van der Waals surface area contributed by atoms with Gasteiger partial charge in [0.05, 0.1) is 22.5 Å². The maximum Gasteiger partial charge on any atom is 0.234 e. The maximum absolute atomic E-state index is 13.5. The molecule has 0 saturated carbocycles. The van der Waals surface area contributed by atoms with E-state index in [2.05, 4.69) is 20.7 Å². The lowest BCUT2D eigenvalue weighted by molar-refractivity contribution is 0.352. The third-order valence-electron chi connectivity index (χ3n) is 4.46. The molecule has 2 aromatic rings. The second-order valence-corrected chi connectivity index (χ2v) is 7.39. The van der Waals surface area contributed by atoms with Gasteiger partial charge in [-0.15, -0.1) is 5.10 Å². The molecule has 2 aliphatic rings. The number of hydrogen-bond acceptors (Lipinski definition) is 5. The molecule has 2 aromatic carbocycles. The Morgan fingerprint density at radius 3 is 2.00 bits per heavy atom. The SMILES string of the molecule is NC(=NN=CC1=C(Cl)c2cc(F)ccc2OC1)NN=CC1=C(Cl)c2cc(F)ccc2OC1. The molecule has 0 amide bonds. The highest BCUT2D eigenvalue weighted by Crippen LogP contribution is 2.36. The van der Waals surface area contributed by atoms with Crippen molar-refractivity contribution in [3.8, 4) is 11.5 Å². The Balaban J connectivity index is 1.41. The molecule has 164 valence electrons. The van der Waals surface area contributed by atoms with Gasteiger partial charge >= 0.3 is 0 Å². The van der Waals surface area contributed by atoms with Crippen molar-refractivity contribution < 1.29 is 18.3 Å². The Morgan fingerprint density at radius 2 is 1.44 bits per heavy atom. The first-order valence-corrected chi connectivity index (χ1v) is 9.96. The zero-order valence-electron chi connectivity index (χ0n) is 16.3. The predicted octanol–water partition coefficient (Wildman–Crippen LogP) is 4.23. The minimum Gasteiger partial charge on any atom is -0.488 e. The second-order valence-electron chi connectivity index (χ2n) is 6.64. The minimum absolute atomic E-state index is 0.114. The molecule has 7 nitrogen and oxygen atoms in total. The van der Waals surface area contributed by atoms with Gasteiger partial charge in [-0.1, -0.05) is 23.2 Å². The molecule has 0 unspecified atom stereocenters. The highest BCUT2D eigenvalue weighted by molar-refractivity contribution is 6.51. The molecule has 0 saturated heterocycles. The molecule has 3 N–H and O–H groups in total. The molecule has 2 aliphatic heterocycles. The number of benzene rings is 2. The van der Waals surface area contributed by atoms with E-state index < -0.39 is 11.6 Å². The van der Waals surface area contributed by atoms with Crippen LogP contribution < -0.4 is 20.6 Å². The van der Waals surface area contributed by atoms with Gasteiger partial charge < -0.3 is 15.2 Å². The topological polar surface area (TPSA) is 93.6 Å². The molecule has 0 aliphatic carbocycles. The van der Waals surface area contributed by atoms with Crippen molar-refractivity contribution in [2.75, 3.05) is 13.2 Å². The van der Waals surface area contributed by atoms with Gasteiger partial charge in [-0.05, 0) is 36.4 Å². The van der Waals surface area contributed by atoms with Gasteiger partial charge in [-0.25, -0.2) is 14.2 Å². The summed E-state index contributed by atoms with van der Waals surface area (Å²) in [4.78, 5) is 0. The molecular weight excluding hydrogens is 463 g/mol. The summed E-state index contributed by atoms with van der Waals surface area (Å²) in [6.45, 7) is 0.309. The molecular formula is C21H15Cl2F2N5O2. The summed E-state index contributed by atoms with van der Waals surface area (Å²) >= 11 is 12.6. The molecule has 4 rings (SSSR count). The van der Waals surface area contributed by atoms with Crippen molar-refractivity contribution in [1.82, 2.24) is 5.43 Å². The second kappa shape index (κ2) is 9.37. The largest absolute Gasteiger partial charge is 0.488 e. The van der Waals surface area contributed by atoms with Gasteiger partial charge in [0.25, 0.3) is 0 Å². The summed E-state index contributed by atoms with van der Waals surface area (Å²) < 4.78 is 38.0. The van der Waals surface area contributed by atoms with Gasteiger partial charge in [-0.3, -0.25) is 0 Å². The van der Waals surface area contributed by atoms with E-state index in [-0.39, 0.29) is 19.2 Å². The minimum atomic E-state index is -0.430. The van der Waals surface area contributed by atoms with Crippen LogP contribution >= 0.6 is 23.2 Å². The number of guanidine groups is 1. The summed E-state index contributed by atoms with van der Waals surface area (Å²) in [6.07, 6.45) is 2.75. The predicted molar refractivity (Wildman–Crippen MR) is 121 cm³/mol. The molecule has 0 bridgehead atoms. The van der Waals surface area contributed by atoms with E-state index in [1.165, 1.54) is 48.8 Å². The number of hydrazone groups is 1. The molecule has 0 spiro atoms. The van der Waals surface area contributed by atoms with Gasteiger partial charge in [-0.2, -0.15) is 10.2 Å². The molecule has 0 atom stereocenters. The number of nitrogens with one attached hydrogen (secondary N) is 1. The number of fused-ring (bicyclic) bond motifs is 2. The van der Waals surface area contributed by atoms with E-state index in [1.807, 2.05) is 0 Å². The first-order chi connectivity index (χ1) is 15.4. The first kappa shape index (κ1) is 21.8. The van der Waals surface area contributed by atoms with Crippen molar-refractivity contribution in [1.29, 1.82) is 0 Å². The average molecular weight is 478 g/mol. The molecule has 0 fully saturated rings. The fourth-order valence-electron chi connectivity index (χ4n) is 2.93. The van der Waals surface area contributed by atoms with Crippen LogP contribution in [-0.2, 0) is 0 Å². The van der Waals surface area contributed by atoms with E-state index in [1.54, 1.807) is 0 Å². The number of halogens is 4. The smallest absolute Gasteiger partial charge is 0.234 e. The van der Waals surface area contributed by atoms with Crippen molar-refractivity contribution in [3.63, 3.8) is 0 Å². The lowest BCUT2D eigenvalue weighted by atomic mass is 10.1. The Hall–Kier alpha value is -3.43. The first-order valence-electron chi connectivity index (χ1n) is 9.20. The Labute approximate surface area is 191 Å². The number of ether oxygens (including phenoxy) is 2. The Kier molecular flexibility index (Phi) is 6.38. The number of hydrogen-bond donors (Lipinski definition) is 2. The zero-order valence-corrected chi connectivity index (χ0v) is 17.8. The average Bonchev–Trinajstić information content (AvgIpc) is 2.77. The van der Waals surface area contributed by atoms with E-state index in [9.17, 15) is 8.78 Å². The number of rotatable bonds is 4. The summed E-state index contributed by atoms with van der Waals surface area (Å²) in [5.41, 5.74) is 10.1. The Morgan fingerprint density at radius 1 is 0.906 bits per heavy atom. The van der Waals surface area contributed by atoms with Gasteiger partial charge in [0.2, 0.25) is 5.96 Å². The molecule has 0 radical (unpaired) electrons. The molecule has 11 heteroatoms. The fourth-order valence-corrected chi connectivity index (χ4v) is 3.43. The third-order valence-corrected chi connectivity index (χ3v) is 5.36. The normalized spacial score (nSPS) is 16.2. The quantitative estimate of drug-likeness (QED) is 0.391. The molecule has 32 heavy (non-hydrogen) atoms. The van der Waals surface area contributed by atoms with E-state index in [0.717, 1.165) is 0 Å². The summed E-state index contributed by atoms with van der Waals surface area (Å²) in [5, 5.41) is 12.2. The van der Waals surface area contributed by atoms with Crippen LogP contribution in [0.15, 0.2) is 62.8 Å². The summed E-state index contributed by atoms with van der Waals surface area (Å²) in [5.74, 6) is 0.000281. The number of nitrogens with zero attached hydrogens (tertiary/aromatic N) is 3. The van der Waals surface area contributed by atoms with Crippen LogP contribution in [0.2, 0.25) is 0 Å². The monoisotopic (exact) mass is 477 g/mol. The third kappa shape index (κ3) is 4.74. The Bertz CT molecular complexity index is 1220. The standard InChI is InChI=1S/C21H15Cl2F2N5O2/c22-19-11(9-31-17-3-1-13(24)5-15(17)19)7-27-29-21(26)30-28-8-12-10-32-18-4-2-14(25)6-16(18)20(12)23/h1-8H,9-10H2,(H3,26,29,30). The van der Waals surface area contributed by atoms with Crippen LogP contribution in [0, 0.1) is 11.6 Å². The summed E-state index contributed by atoms with van der Waals surface area (Å²) in [7, 11) is 0. The maximum atomic E-state index is 13.5. The number of nitrogens with two attached hydrogens (primary N) is 1. The summed E-state index contributed by atoms with van der Waals surface area (Å²) in [6, 6.07) is 8.16. The van der Waals surface area contributed by atoms with Crippen molar-refractivity contribution in [3.05, 3.63) is 70.3 Å². The zero-order chi connectivity index (χ0) is 22.7. The van der Waals surface area contributed by atoms with Gasteiger partial charge in [0.1, 0.15) is 36.3 Å². The molecule has 0 aromatic heterocycles. The van der Waals surface area contributed by atoms with Gasteiger partial charge in [0.15, 0.2) is 0 Å². The van der Waals surface area contributed by atoms with Crippen LogP contribution in [0.1, 0.15) is 11.1 Å². The van der Waals surface area contributed by atoms with Crippen LogP contribution in [0.4, 0.5) is 8.78 Å². The van der Waals surface area contributed by atoms with E-state index in [0.29, 0.717) is 43.8 Å². The lowest BCUT2D eigenvalue weighted by Gasteiger charge is -2.18. The molecule has 2 heterocycles. The van der Waals surface area contributed by atoms with E-state index >= 15 is 0 Å². The van der Waals surface area contributed by atoms with Crippen molar-refractivity contribution in [2.45, 2.75) is 0 Å².